The second-order valence-electron chi connectivity index (χ2n) is 3.69. The molecule has 0 spiro atoms. The van der Waals surface area contributed by atoms with Crippen molar-refractivity contribution in [2.75, 3.05) is 13.2 Å². The Morgan fingerprint density at radius 1 is 1.25 bits per heavy atom. The topological polar surface area (TPSA) is 48.1 Å². The second-order valence-corrected chi connectivity index (χ2v) is 3.69. The lowest BCUT2D eigenvalue weighted by Crippen LogP contribution is -2.18. The first-order chi connectivity index (χ1) is 7.81. The zero-order valence-corrected chi connectivity index (χ0v) is 9.39. The summed E-state index contributed by atoms with van der Waals surface area (Å²) < 4.78 is 5.30. The zero-order chi connectivity index (χ0) is 11.4. The van der Waals surface area contributed by atoms with Crippen LogP contribution in [0.1, 0.15) is 18.7 Å². The maximum absolute atomic E-state index is 5.98. The van der Waals surface area contributed by atoms with Gasteiger partial charge in [-0.15, -0.1) is 0 Å². The van der Waals surface area contributed by atoms with Gasteiger partial charge in [-0.1, -0.05) is 24.3 Å². The van der Waals surface area contributed by atoms with Crippen LogP contribution in [0.25, 0.3) is 10.9 Å². The van der Waals surface area contributed by atoms with Gasteiger partial charge in [0.15, 0.2) is 0 Å². The molecule has 0 saturated heterocycles. The van der Waals surface area contributed by atoms with Crippen LogP contribution in [0, 0.1) is 0 Å². The molecule has 0 aliphatic rings. The number of nitrogens with two attached hydrogens (primary N) is 1. The molecule has 2 N–H and O–H groups in total. The van der Waals surface area contributed by atoms with Gasteiger partial charge in [-0.25, -0.2) is 0 Å². The number of aromatic nitrogens is 1. The summed E-state index contributed by atoms with van der Waals surface area (Å²) in [5.74, 6) is 0. The number of pyridine rings is 1. The van der Waals surface area contributed by atoms with Crippen molar-refractivity contribution in [1.29, 1.82) is 0 Å². The Labute approximate surface area is 95.2 Å². The van der Waals surface area contributed by atoms with E-state index in [1.165, 1.54) is 0 Å². The molecule has 16 heavy (non-hydrogen) atoms. The first-order valence-electron chi connectivity index (χ1n) is 5.50. The lowest BCUT2D eigenvalue weighted by Gasteiger charge is -2.11. The quantitative estimate of drug-likeness (QED) is 0.852. The van der Waals surface area contributed by atoms with E-state index in [0.29, 0.717) is 13.2 Å². The average Bonchev–Trinajstić information content (AvgIpc) is 2.35. The summed E-state index contributed by atoms with van der Waals surface area (Å²) >= 11 is 0. The van der Waals surface area contributed by atoms with E-state index in [0.717, 1.165) is 16.6 Å². The van der Waals surface area contributed by atoms with Gasteiger partial charge in [0.2, 0.25) is 0 Å². The molecule has 0 aliphatic heterocycles. The van der Waals surface area contributed by atoms with Gasteiger partial charge in [0.25, 0.3) is 0 Å². The number of hydrogen-bond acceptors (Lipinski definition) is 3. The van der Waals surface area contributed by atoms with Crippen LogP contribution in [0.15, 0.2) is 36.4 Å². The Kier molecular flexibility index (Phi) is 3.49. The molecule has 0 fully saturated rings. The van der Waals surface area contributed by atoms with Crippen molar-refractivity contribution >= 4 is 10.9 Å². The monoisotopic (exact) mass is 216 g/mol. The minimum Gasteiger partial charge on any atom is -0.380 e. The fourth-order valence-corrected chi connectivity index (χ4v) is 1.62. The van der Waals surface area contributed by atoms with Gasteiger partial charge >= 0.3 is 0 Å². The highest BCUT2D eigenvalue weighted by Gasteiger charge is 2.07. The molecule has 3 heteroatoms. The lowest BCUT2D eigenvalue weighted by molar-refractivity contribution is 0.132. The number of nitrogens with zero attached hydrogens (tertiary/aromatic N) is 1. The minimum absolute atomic E-state index is 0.149. The predicted molar refractivity (Wildman–Crippen MR) is 65.2 cm³/mol. The SMILES string of the molecule is CCOCC(N)c1ccc2ccccc2n1. The van der Waals surface area contributed by atoms with E-state index in [-0.39, 0.29) is 6.04 Å². The van der Waals surface area contributed by atoms with E-state index in [4.69, 9.17) is 10.5 Å². The van der Waals surface area contributed by atoms with Crippen molar-refractivity contribution in [2.24, 2.45) is 5.73 Å². The van der Waals surface area contributed by atoms with Crippen LogP contribution in [0.4, 0.5) is 0 Å². The maximum Gasteiger partial charge on any atom is 0.0708 e. The van der Waals surface area contributed by atoms with Gasteiger partial charge in [0, 0.05) is 12.0 Å². The second kappa shape index (κ2) is 5.05. The van der Waals surface area contributed by atoms with Crippen LogP contribution < -0.4 is 5.73 Å². The normalized spacial score (nSPS) is 12.9. The van der Waals surface area contributed by atoms with Crippen LogP contribution >= 0.6 is 0 Å². The standard InChI is InChI=1S/C13H16N2O/c1-2-16-9-11(14)13-8-7-10-5-3-4-6-12(10)15-13/h3-8,11H,2,9,14H2,1H3. The molecule has 2 rings (SSSR count). The first kappa shape index (κ1) is 11.0. The highest BCUT2D eigenvalue weighted by atomic mass is 16.5. The number of ether oxygens (including phenoxy) is 1. The highest BCUT2D eigenvalue weighted by Crippen LogP contribution is 2.15. The smallest absolute Gasteiger partial charge is 0.0708 e. The van der Waals surface area contributed by atoms with Gasteiger partial charge in [0.05, 0.1) is 23.9 Å². The number of rotatable bonds is 4. The molecule has 0 saturated carbocycles. The largest absolute Gasteiger partial charge is 0.380 e. The minimum atomic E-state index is -0.149. The highest BCUT2D eigenvalue weighted by molar-refractivity contribution is 5.78. The number of para-hydroxylation sites is 1. The molecule has 1 atom stereocenters. The fourth-order valence-electron chi connectivity index (χ4n) is 1.62. The molecular weight excluding hydrogens is 200 g/mol. The molecule has 1 heterocycles. The fraction of sp³-hybridized carbons (Fsp3) is 0.308. The number of benzene rings is 1. The number of fused-ring (bicyclic) bond motifs is 1. The Morgan fingerprint density at radius 3 is 2.88 bits per heavy atom. The third-order valence-corrected chi connectivity index (χ3v) is 2.50. The average molecular weight is 216 g/mol. The van der Waals surface area contributed by atoms with Crippen LogP contribution in [0.3, 0.4) is 0 Å². The van der Waals surface area contributed by atoms with Crippen molar-refractivity contribution < 1.29 is 4.74 Å². The predicted octanol–water partition coefficient (Wildman–Crippen LogP) is 2.27. The van der Waals surface area contributed by atoms with Crippen molar-refractivity contribution in [2.45, 2.75) is 13.0 Å². The Hall–Kier alpha value is -1.45. The Morgan fingerprint density at radius 2 is 2.06 bits per heavy atom. The summed E-state index contributed by atoms with van der Waals surface area (Å²) in [5, 5.41) is 1.13. The van der Waals surface area contributed by atoms with Crippen molar-refractivity contribution in [3.05, 3.63) is 42.1 Å². The molecular formula is C13H16N2O. The van der Waals surface area contributed by atoms with Crippen LogP contribution in [-0.2, 0) is 4.74 Å². The molecule has 1 aromatic heterocycles. The lowest BCUT2D eigenvalue weighted by atomic mass is 10.1. The van der Waals surface area contributed by atoms with Gasteiger partial charge in [0.1, 0.15) is 0 Å². The van der Waals surface area contributed by atoms with E-state index in [1.807, 2.05) is 43.3 Å². The van der Waals surface area contributed by atoms with Gasteiger partial charge in [-0.3, -0.25) is 4.98 Å². The van der Waals surface area contributed by atoms with Crippen molar-refractivity contribution in [3.8, 4) is 0 Å². The van der Waals surface area contributed by atoms with Crippen molar-refractivity contribution in [3.63, 3.8) is 0 Å². The van der Waals surface area contributed by atoms with E-state index in [2.05, 4.69) is 4.98 Å². The van der Waals surface area contributed by atoms with E-state index in [9.17, 15) is 0 Å². The molecule has 0 bridgehead atoms. The molecule has 84 valence electrons. The Balaban J connectivity index is 2.25. The molecule has 0 radical (unpaired) electrons. The Bertz CT molecular complexity index is 470. The molecule has 1 aromatic carbocycles. The third kappa shape index (κ3) is 2.38. The maximum atomic E-state index is 5.98. The van der Waals surface area contributed by atoms with Gasteiger partial charge in [-0.05, 0) is 19.1 Å². The first-order valence-corrected chi connectivity index (χ1v) is 5.50. The summed E-state index contributed by atoms with van der Waals surface area (Å²) in [4.78, 5) is 4.52. The summed E-state index contributed by atoms with van der Waals surface area (Å²) in [6.45, 7) is 3.16. The molecule has 3 nitrogen and oxygen atoms in total. The summed E-state index contributed by atoms with van der Waals surface area (Å²) in [6, 6.07) is 11.9. The van der Waals surface area contributed by atoms with E-state index < -0.39 is 0 Å². The van der Waals surface area contributed by atoms with Gasteiger partial charge < -0.3 is 10.5 Å². The van der Waals surface area contributed by atoms with Crippen LogP contribution in [0.2, 0.25) is 0 Å². The summed E-state index contributed by atoms with van der Waals surface area (Å²) in [5.41, 5.74) is 7.84. The molecule has 0 aliphatic carbocycles. The summed E-state index contributed by atoms with van der Waals surface area (Å²) in [7, 11) is 0. The summed E-state index contributed by atoms with van der Waals surface area (Å²) in [6.07, 6.45) is 0. The van der Waals surface area contributed by atoms with Crippen LogP contribution in [0.5, 0.6) is 0 Å². The molecule has 0 amide bonds. The van der Waals surface area contributed by atoms with Crippen LogP contribution in [-0.4, -0.2) is 18.2 Å². The van der Waals surface area contributed by atoms with Gasteiger partial charge in [-0.2, -0.15) is 0 Å². The van der Waals surface area contributed by atoms with Crippen molar-refractivity contribution in [1.82, 2.24) is 4.98 Å². The van der Waals surface area contributed by atoms with E-state index in [1.54, 1.807) is 0 Å². The van der Waals surface area contributed by atoms with E-state index >= 15 is 0 Å². The zero-order valence-electron chi connectivity index (χ0n) is 9.39. The number of hydrogen-bond donors (Lipinski definition) is 1. The third-order valence-electron chi connectivity index (χ3n) is 2.50. The molecule has 1 unspecified atom stereocenters. The molecule has 2 aromatic rings.